The van der Waals surface area contributed by atoms with Crippen molar-refractivity contribution >= 4 is 17.1 Å². The third-order valence-corrected chi connectivity index (χ3v) is 5.92. The van der Waals surface area contributed by atoms with Crippen molar-refractivity contribution in [2.24, 2.45) is 0 Å². The maximum absolute atomic E-state index is 10.9. The van der Waals surface area contributed by atoms with Crippen LogP contribution in [0.1, 0.15) is 30.8 Å². The summed E-state index contributed by atoms with van der Waals surface area (Å²) >= 11 is 6.38. The first-order valence-corrected chi connectivity index (χ1v) is 10.6. The van der Waals surface area contributed by atoms with Crippen LogP contribution in [-0.2, 0) is 13.0 Å². The van der Waals surface area contributed by atoms with Crippen LogP contribution in [0.4, 0.5) is 0 Å². The first-order chi connectivity index (χ1) is 15.5. The lowest BCUT2D eigenvalue weighted by Gasteiger charge is -2.21. The molecule has 5 heterocycles. The fraction of sp³-hybridized carbons (Fsp3) is 0.273. The topological polar surface area (TPSA) is 113 Å². The SMILES string of the molecule is C[C@@H](Oc1cc(-c2nn3c(c2O)CC(NC#N)CC3)cn2ncc(Cl)c12)c1ccccn1. The third-order valence-electron chi connectivity index (χ3n) is 5.64. The number of pyridine rings is 2. The van der Waals surface area contributed by atoms with Crippen LogP contribution in [0.2, 0.25) is 5.02 Å². The Kier molecular flexibility index (Phi) is 5.07. The molecule has 10 heteroatoms. The second-order valence-corrected chi connectivity index (χ2v) is 8.11. The van der Waals surface area contributed by atoms with Gasteiger partial charge in [-0.15, -0.1) is 0 Å². The molecule has 0 bridgehead atoms. The van der Waals surface area contributed by atoms with Crippen LogP contribution in [0, 0.1) is 11.5 Å². The second-order valence-electron chi connectivity index (χ2n) is 7.71. The van der Waals surface area contributed by atoms with Gasteiger partial charge in [-0.05, 0) is 31.5 Å². The fourth-order valence-electron chi connectivity index (χ4n) is 4.03. The number of nitriles is 1. The Labute approximate surface area is 188 Å². The van der Waals surface area contributed by atoms with Crippen LogP contribution in [0.25, 0.3) is 16.8 Å². The molecule has 4 aromatic rings. The molecular formula is C22H20ClN7O2. The molecular weight excluding hydrogens is 430 g/mol. The summed E-state index contributed by atoms with van der Waals surface area (Å²) in [5.41, 5.74) is 3.18. The maximum Gasteiger partial charge on any atom is 0.176 e. The maximum atomic E-state index is 10.9. The standard InChI is InChI=1S/C22H20ClN7O2/c1-13(17-4-2-3-6-25-17)32-19-8-14(11-30-21(19)16(23)10-27-30)20-22(31)18-9-15(26-12-24)5-7-29(18)28-20/h2-4,6,8,10-11,13,15,26,31H,5,7,9H2,1H3/t13-,15?/m1/s1. The Morgan fingerprint density at radius 1 is 1.41 bits per heavy atom. The molecule has 2 atom stereocenters. The van der Waals surface area contributed by atoms with Crippen molar-refractivity contribution in [3.05, 3.63) is 59.3 Å². The van der Waals surface area contributed by atoms with E-state index in [4.69, 9.17) is 21.6 Å². The number of aromatic hydroxyl groups is 1. The first kappa shape index (κ1) is 20.2. The number of aromatic nitrogens is 5. The summed E-state index contributed by atoms with van der Waals surface area (Å²) < 4.78 is 9.65. The number of hydrogen-bond donors (Lipinski definition) is 2. The zero-order chi connectivity index (χ0) is 22.2. The second kappa shape index (κ2) is 8.05. The molecule has 0 saturated heterocycles. The lowest BCUT2D eigenvalue weighted by Crippen LogP contribution is -2.33. The molecule has 0 saturated carbocycles. The Bertz CT molecular complexity index is 1330. The van der Waals surface area contributed by atoms with Crippen LogP contribution in [0.15, 0.2) is 42.9 Å². The highest BCUT2D eigenvalue weighted by Crippen LogP contribution is 2.39. The molecule has 0 aliphatic carbocycles. The van der Waals surface area contributed by atoms with E-state index >= 15 is 0 Å². The Hall–Kier alpha value is -3.77. The summed E-state index contributed by atoms with van der Waals surface area (Å²) in [4.78, 5) is 4.36. The van der Waals surface area contributed by atoms with Crippen molar-refractivity contribution in [2.75, 3.05) is 0 Å². The minimum Gasteiger partial charge on any atom is -0.504 e. The molecule has 162 valence electrons. The molecule has 9 nitrogen and oxygen atoms in total. The Balaban J connectivity index is 1.56. The monoisotopic (exact) mass is 449 g/mol. The van der Waals surface area contributed by atoms with Gasteiger partial charge in [0.05, 0.1) is 22.6 Å². The number of aryl methyl sites for hydroxylation is 1. The summed E-state index contributed by atoms with van der Waals surface area (Å²) in [7, 11) is 0. The van der Waals surface area contributed by atoms with Crippen molar-refractivity contribution < 1.29 is 9.84 Å². The van der Waals surface area contributed by atoms with Gasteiger partial charge in [0.1, 0.15) is 23.1 Å². The third kappa shape index (κ3) is 3.48. The molecule has 1 aliphatic heterocycles. The highest BCUT2D eigenvalue weighted by Gasteiger charge is 2.27. The molecule has 5 rings (SSSR count). The van der Waals surface area contributed by atoms with Crippen LogP contribution in [-0.4, -0.2) is 35.5 Å². The van der Waals surface area contributed by atoms with Crippen LogP contribution >= 0.6 is 11.6 Å². The van der Waals surface area contributed by atoms with Crippen molar-refractivity contribution in [1.29, 1.82) is 5.26 Å². The number of fused-ring (bicyclic) bond motifs is 2. The average molecular weight is 450 g/mol. The van der Waals surface area contributed by atoms with Gasteiger partial charge in [-0.2, -0.15) is 15.5 Å². The van der Waals surface area contributed by atoms with Crippen LogP contribution in [0.5, 0.6) is 11.5 Å². The number of nitrogens with one attached hydrogen (secondary N) is 1. The molecule has 32 heavy (non-hydrogen) atoms. The van der Waals surface area contributed by atoms with E-state index in [1.54, 1.807) is 33.9 Å². The summed E-state index contributed by atoms with van der Waals surface area (Å²) in [6.45, 7) is 2.52. The number of nitrogens with zero attached hydrogens (tertiary/aromatic N) is 6. The lowest BCUT2D eigenvalue weighted by atomic mass is 10.0. The predicted molar refractivity (Wildman–Crippen MR) is 117 cm³/mol. The van der Waals surface area contributed by atoms with Gasteiger partial charge in [-0.1, -0.05) is 17.7 Å². The van der Waals surface area contributed by atoms with Gasteiger partial charge in [0.25, 0.3) is 0 Å². The zero-order valence-electron chi connectivity index (χ0n) is 17.2. The number of halogens is 1. The number of rotatable bonds is 5. The van der Waals surface area contributed by atoms with Gasteiger partial charge in [-0.3, -0.25) is 9.67 Å². The molecule has 0 radical (unpaired) electrons. The largest absolute Gasteiger partial charge is 0.504 e. The molecule has 1 aliphatic rings. The fourth-order valence-corrected chi connectivity index (χ4v) is 4.26. The zero-order valence-corrected chi connectivity index (χ0v) is 18.0. The molecule has 0 aromatic carbocycles. The van der Waals surface area contributed by atoms with E-state index in [1.165, 1.54) is 0 Å². The van der Waals surface area contributed by atoms with E-state index < -0.39 is 0 Å². The summed E-state index contributed by atoms with van der Waals surface area (Å²) in [6, 6.07) is 7.44. The lowest BCUT2D eigenvalue weighted by molar-refractivity contribution is 0.224. The minimum absolute atomic E-state index is 0.0199. The molecule has 0 amide bonds. The van der Waals surface area contributed by atoms with Crippen molar-refractivity contribution in [3.63, 3.8) is 0 Å². The minimum atomic E-state index is -0.331. The van der Waals surface area contributed by atoms with E-state index in [-0.39, 0.29) is 17.9 Å². The van der Waals surface area contributed by atoms with Crippen molar-refractivity contribution in [2.45, 2.75) is 38.5 Å². The van der Waals surface area contributed by atoms with Gasteiger partial charge in [0.15, 0.2) is 11.9 Å². The van der Waals surface area contributed by atoms with Crippen LogP contribution < -0.4 is 10.1 Å². The molecule has 1 unspecified atom stereocenters. The van der Waals surface area contributed by atoms with E-state index in [0.29, 0.717) is 46.2 Å². The van der Waals surface area contributed by atoms with Gasteiger partial charge < -0.3 is 15.2 Å². The summed E-state index contributed by atoms with van der Waals surface area (Å²) in [6.07, 6.45) is 7.95. The summed E-state index contributed by atoms with van der Waals surface area (Å²) in [5.74, 6) is 0.605. The highest BCUT2D eigenvalue weighted by molar-refractivity contribution is 6.34. The molecule has 2 N–H and O–H groups in total. The van der Waals surface area contributed by atoms with Crippen LogP contribution in [0.3, 0.4) is 0 Å². The van der Waals surface area contributed by atoms with Gasteiger partial charge >= 0.3 is 0 Å². The van der Waals surface area contributed by atoms with Crippen molar-refractivity contribution in [3.8, 4) is 28.9 Å². The Morgan fingerprint density at radius 2 is 2.28 bits per heavy atom. The van der Waals surface area contributed by atoms with Gasteiger partial charge in [0, 0.05) is 37.0 Å². The highest BCUT2D eigenvalue weighted by atomic mass is 35.5. The smallest absolute Gasteiger partial charge is 0.176 e. The van der Waals surface area contributed by atoms with Gasteiger partial charge in [-0.25, -0.2) is 4.52 Å². The average Bonchev–Trinajstić information content (AvgIpc) is 3.34. The van der Waals surface area contributed by atoms with Crippen molar-refractivity contribution in [1.82, 2.24) is 29.7 Å². The van der Waals surface area contributed by atoms with E-state index in [0.717, 1.165) is 12.1 Å². The number of hydrogen-bond acceptors (Lipinski definition) is 7. The quantitative estimate of drug-likeness (QED) is 0.354. The molecule has 0 spiro atoms. The number of ether oxygens (including phenoxy) is 1. The predicted octanol–water partition coefficient (Wildman–Crippen LogP) is 3.48. The van der Waals surface area contributed by atoms with E-state index in [1.807, 2.05) is 31.3 Å². The normalized spacial score (nSPS) is 16.3. The Morgan fingerprint density at radius 3 is 3.06 bits per heavy atom. The first-order valence-electron chi connectivity index (χ1n) is 10.2. The van der Waals surface area contributed by atoms with E-state index in [2.05, 4.69) is 20.5 Å². The summed E-state index contributed by atoms with van der Waals surface area (Å²) in [5, 5.41) is 32.0. The molecule has 4 aromatic heterocycles. The molecule has 0 fully saturated rings. The van der Waals surface area contributed by atoms with Gasteiger partial charge in [0.2, 0.25) is 0 Å². The van der Waals surface area contributed by atoms with E-state index in [9.17, 15) is 5.11 Å².